The van der Waals surface area contributed by atoms with Crippen LogP contribution in [-0.4, -0.2) is 83.8 Å². The van der Waals surface area contributed by atoms with Gasteiger partial charge in [-0.1, -0.05) is 92.1 Å². The van der Waals surface area contributed by atoms with Gasteiger partial charge in [0.1, 0.15) is 6.04 Å². The summed E-state index contributed by atoms with van der Waals surface area (Å²) in [5.41, 5.74) is 0.250. The molecule has 0 aliphatic carbocycles. The summed E-state index contributed by atoms with van der Waals surface area (Å²) in [5, 5.41) is 3.23. The average Bonchev–Trinajstić information content (AvgIpc) is 2.98. The fourth-order valence-corrected chi connectivity index (χ4v) is 7.19. The van der Waals surface area contributed by atoms with E-state index >= 15 is 0 Å². The number of hydrogen-bond donors (Lipinski definition) is 1. The second-order valence-corrected chi connectivity index (χ2v) is 15.0. The Bertz CT molecular complexity index is 1060. The maximum Gasteiger partial charge on any atom is 0.245 e. The number of benzene rings is 1. The quantitative estimate of drug-likeness (QED) is 0.347. The molecule has 2 aliphatic heterocycles. The van der Waals surface area contributed by atoms with Crippen LogP contribution in [0.1, 0.15) is 106 Å². The lowest BCUT2D eigenvalue weighted by atomic mass is 9.71. The van der Waals surface area contributed by atoms with Gasteiger partial charge in [0.05, 0.1) is 6.04 Å². The molecular formula is C36H60N4O3. The van der Waals surface area contributed by atoms with Crippen molar-refractivity contribution in [3.63, 3.8) is 0 Å². The van der Waals surface area contributed by atoms with Crippen LogP contribution < -0.4 is 5.32 Å². The van der Waals surface area contributed by atoms with E-state index in [1.807, 2.05) is 57.8 Å². The number of piperidine rings is 2. The highest BCUT2D eigenvalue weighted by atomic mass is 16.2. The summed E-state index contributed by atoms with van der Waals surface area (Å²) >= 11 is 0. The first-order valence-corrected chi connectivity index (χ1v) is 16.9. The van der Waals surface area contributed by atoms with E-state index in [0.717, 1.165) is 57.3 Å². The van der Waals surface area contributed by atoms with Gasteiger partial charge in [0.15, 0.2) is 0 Å². The molecule has 0 aromatic heterocycles. The van der Waals surface area contributed by atoms with Gasteiger partial charge in [-0.3, -0.25) is 19.3 Å². The van der Waals surface area contributed by atoms with E-state index < -0.39 is 11.5 Å². The number of rotatable bonds is 11. The first-order valence-electron chi connectivity index (χ1n) is 16.9. The first kappa shape index (κ1) is 35.1. The van der Waals surface area contributed by atoms with Gasteiger partial charge < -0.3 is 15.1 Å². The van der Waals surface area contributed by atoms with Crippen molar-refractivity contribution < 1.29 is 14.4 Å². The van der Waals surface area contributed by atoms with Gasteiger partial charge >= 0.3 is 0 Å². The third-order valence-corrected chi connectivity index (χ3v) is 10.1. The Morgan fingerprint density at radius 2 is 1.53 bits per heavy atom. The van der Waals surface area contributed by atoms with Crippen LogP contribution in [0.15, 0.2) is 30.3 Å². The number of nitrogens with one attached hydrogen (secondary N) is 1. The maximum absolute atomic E-state index is 14.3. The van der Waals surface area contributed by atoms with E-state index in [4.69, 9.17) is 0 Å². The Balaban J connectivity index is 1.80. The number of carbonyl (C=O) groups is 3. The fraction of sp³-hybridized carbons (Fsp3) is 0.750. The minimum Gasteiger partial charge on any atom is -0.344 e. The van der Waals surface area contributed by atoms with Crippen molar-refractivity contribution in [2.75, 3.05) is 33.2 Å². The lowest BCUT2D eigenvalue weighted by molar-refractivity contribution is -0.144. The van der Waals surface area contributed by atoms with E-state index in [2.05, 4.69) is 54.9 Å². The Labute approximate surface area is 262 Å². The van der Waals surface area contributed by atoms with Gasteiger partial charge in [0.2, 0.25) is 17.7 Å². The van der Waals surface area contributed by atoms with E-state index in [-0.39, 0.29) is 47.1 Å². The molecule has 2 saturated heterocycles. The number of likely N-dealkylation sites (tertiary alicyclic amines) is 2. The third-order valence-electron chi connectivity index (χ3n) is 10.1. The number of hydrogen-bond acceptors (Lipinski definition) is 4. The Morgan fingerprint density at radius 1 is 0.930 bits per heavy atom. The summed E-state index contributed by atoms with van der Waals surface area (Å²) in [6.07, 6.45) is 7.07. The highest BCUT2D eigenvalue weighted by Gasteiger charge is 2.42. The van der Waals surface area contributed by atoms with Gasteiger partial charge in [-0.15, -0.1) is 0 Å². The Hall–Kier alpha value is -2.41. The largest absolute Gasteiger partial charge is 0.344 e. The van der Waals surface area contributed by atoms with Gasteiger partial charge in [0.25, 0.3) is 0 Å². The number of carbonyl (C=O) groups excluding carboxylic acids is 3. The van der Waals surface area contributed by atoms with Crippen molar-refractivity contribution in [1.29, 1.82) is 0 Å². The van der Waals surface area contributed by atoms with Crippen LogP contribution in [-0.2, 0) is 19.8 Å². The second-order valence-electron chi connectivity index (χ2n) is 15.0. The zero-order chi connectivity index (χ0) is 31.9. The van der Waals surface area contributed by atoms with Crippen molar-refractivity contribution in [3.8, 4) is 0 Å². The number of nitrogens with zero attached hydrogens (tertiary/aromatic N) is 3. The normalized spacial score (nSPS) is 20.8. The topological polar surface area (TPSA) is 73.0 Å². The van der Waals surface area contributed by atoms with Gasteiger partial charge in [0, 0.05) is 44.1 Å². The predicted octanol–water partition coefficient (Wildman–Crippen LogP) is 5.87. The molecule has 1 aromatic rings. The van der Waals surface area contributed by atoms with Gasteiger partial charge in [-0.2, -0.15) is 0 Å². The van der Waals surface area contributed by atoms with Gasteiger partial charge in [-0.05, 0) is 62.0 Å². The zero-order valence-electron chi connectivity index (χ0n) is 28.6. The molecule has 3 amide bonds. The van der Waals surface area contributed by atoms with Crippen LogP contribution in [0.4, 0.5) is 0 Å². The lowest BCUT2D eigenvalue weighted by Gasteiger charge is -2.44. The van der Waals surface area contributed by atoms with Crippen molar-refractivity contribution in [1.82, 2.24) is 20.0 Å². The van der Waals surface area contributed by atoms with Crippen LogP contribution in [0.25, 0.3) is 0 Å². The molecule has 0 bridgehead atoms. The standard InChI is InChI=1S/C36H60N4O3/c1-10-28(36(7,8)27-19-13-11-14-20-27)32(41)37-31(35(4,5)6)34(43)38(9)30(26(2)3)25-40-24-18-15-21-29(40)33(42)39-22-16-12-17-23-39/h11,13-14,19-20,26,28-31H,10,12,15-18,21-25H2,1-9H3,(H,37,41)/t28-,29+,30-,31-/m1/s1. The maximum atomic E-state index is 14.3. The van der Waals surface area contributed by atoms with Crippen LogP contribution in [0, 0.1) is 17.3 Å². The smallest absolute Gasteiger partial charge is 0.245 e. The van der Waals surface area contributed by atoms with Crippen molar-refractivity contribution >= 4 is 17.7 Å². The van der Waals surface area contributed by atoms with Crippen LogP contribution in [0.5, 0.6) is 0 Å². The fourth-order valence-electron chi connectivity index (χ4n) is 7.19. The van der Waals surface area contributed by atoms with Crippen molar-refractivity contribution in [3.05, 3.63) is 35.9 Å². The molecule has 242 valence electrons. The Kier molecular flexibility index (Phi) is 12.3. The monoisotopic (exact) mass is 596 g/mol. The molecule has 7 heteroatoms. The van der Waals surface area contributed by atoms with Gasteiger partial charge in [-0.25, -0.2) is 0 Å². The molecule has 0 radical (unpaired) electrons. The summed E-state index contributed by atoms with van der Waals surface area (Å²) in [7, 11) is 1.88. The van der Waals surface area contributed by atoms with Crippen LogP contribution in [0.3, 0.4) is 0 Å². The average molecular weight is 597 g/mol. The highest BCUT2D eigenvalue weighted by Crippen LogP contribution is 2.35. The third kappa shape index (κ3) is 8.61. The summed E-state index contributed by atoms with van der Waals surface area (Å²) in [6, 6.07) is 9.31. The molecule has 0 unspecified atom stereocenters. The number of likely N-dealkylation sites (N-methyl/N-ethyl adjacent to an activating group) is 1. The molecule has 2 heterocycles. The summed E-state index contributed by atoms with van der Waals surface area (Å²) in [5.74, 6) is 0.0274. The number of amides is 3. The van der Waals surface area contributed by atoms with Crippen molar-refractivity contribution in [2.45, 2.75) is 124 Å². The van der Waals surface area contributed by atoms with Crippen LogP contribution >= 0.6 is 0 Å². The van der Waals surface area contributed by atoms with Crippen molar-refractivity contribution in [2.24, 2.45) is 17.3 Å². The minimum absolute atomic E-state index is 0.0668. The van der Waals surface area contributed by atoms with E-state index in [0.29, 0.717) is 13.0 Å². The molecule has 0 saturated carbocycles. The van der Waals surface area contributed by atoms with Crippen LogP contribution in [0.2, 0.25) is 0 Å². The molecule has 3 rings (SSSR count). The Morgan fingerprint density at radius 3 is 2.09 bits per heavy atom. The molecule has 2 fully saturated rings. The highest BCUT2D eigenvalue weighted by molar-refractivity contribution is 5.90. The summed E-state index contributed by atoms with van der Waals surface area (Å²) in [6.45, 7) is 19.9. The molecule has 2 aliphatic rings. The molecular weight excluding hydrogens is 536 g/mol. The summed E-state index contributed by atoms with van der Waals surface area (Å²) in [4.78, 5) is 48.1. The zero-order valence-corrected chi connectivity index (χ0v) is 28.6. The first-order chi connectivity index (χ1) is 20.2. The van der Waals surface area contributed by atoms with E-state index in [1.54, 1.807) is 0 Å². The molecule has 43 heavy (non-hydrogen) atoms. The lowest BCUT2D eigenvalue weighted by Crippen LogP contribution is -2.61. The minimum atomic E-state index is -0.668. The summed E-state index contributed by atoms with van der Waals surface area (Å²) < 4.78 is 0. The SMILES string of the molecule is CC[C@H](C(=O)N[C@H](C(=O)N(C)[C@H](CN1CCCC[C@H]1C(=O)N1CCCCC1)C(C)C)C(C)(C)C)C(C)(C)c1ccccc1. The molecule has 1 aromatic carbocycles. The predicted molar refractivity (Wildman–Crippen MR) is 176 cm³/mol. The molecule has 7 nitrogen and oxygen atoms in total. The molecule has 4 atom stereocenters. The van der Waals surface area contributed by atoms with E-state index in [1.165, 1.54) is 6.42 Å². The molecule has 1 N–H and O–H groups in total. The second kappa shape index (κ2) is 15.0. The van der Waals surface area contributed by atoms with E-state index in [9.17, 15) is 14.4 Å². The molecule has 0 spiro atoms.